The van der Waals surface area contributed by atoms with Gasteiger partial charge in [-0.3, -0.25) is 4.79 Å². The molecule has 8 nitrogen and oxygen atoms in total. The molecule has 1 N–H and O–H groups in total. The molecule has 2 aromatic heterocycles. The van der Waals surface area contributed by atoms with E-state index in [4.69, 9.17) is 0 Å². The van der Waals surface area contributed by atoms with Gasteiger partial charge in [0.15, 0.2) is 0 Å². The normalized spacial score (nSPS) is 13.0. The van der Waals surface area contributed by atoms with Crippen LogP contribution in [0.2, 0.25) is 0 Å². The lowest BCUT2D eigenvalue weighted by atomic mass is 10.1. The summed E-state index contributed by atoms with van der Waals surface area (Å²) in [7, 11) is 1.74. The highest BCUT2D eigenvalue weighted by molar-refractivity contribution is 7.99. The zero-order chi connectivity index (χ0) is 17.2. The summed E-state index contributed by atoms with van der Waals surface area (Å²) in [5.74, 6) is 1.29. The zero-order valence-corrected chi connectivity index (χ0v) is 14.5. The number of hydrogen-bond donors (Lipinski definition) is 1. The van der Waals surface area contributed by atoms with Crippen LogP contribution in [-0.4, -0.2) is 41.4 Å². The lowest BCUT2D eigenvalue weighted by Crippen LogP contribution is -2.14. The highest BCUT2D eigenvalue weighted by Crippen LogP contribution is 2.27. The van der Waals surface area contributed by atoms with Crippen molar-refractivity contribution >= 4 is 23.4 Å². The van der Waals surface area contributed by atoms with E-state index in [0.717, 1.165) is 42.2 Å². The van der Waals surface area contributed by atoms with E-state index in [-0.39, 0.29) is 11.7 Å². The van der Waals surface area contributed by atoms with Crippen LogP contribution >= 0.6 is 11.8 Å². The number of fused-ring (bicyclic) bond motifs is 1. The standard InChI is InChI=1S/C16H17N7OS/c1-22-16(19-20-21-22)25-10-15(24)18-12-5-2-4-11(8-12)13-9-17-14-6-3-7-23(13)14/h2,4-5,8-9H,3,6-7,10H2,1H3,(H,18,24). The van der Waals surface area contributed by atoms with E-state index in [1.165, 1.54) is 11.8 Å². The largest absolute Gasteiger partial charge is 0.328 e. The first kappa shape index (κ1) is 15.8. The summed E-state index contributed by atoms with van der Waals surface area (Å²) in [6.07, 6.45) is 4.08. The van der Waals surface area contributed by atoms with Crippen molar-refractivity contribution in [3.63, 3.8) is 0 Å². The quantitative estimate of drug-likeness (QED) is 0.701. The molecule has 0 fully saturated rings. The Morgan fingerprint density at radius 2 is 2.32 bits per heavy atom. The van der Waals surface area contributed by atoms with E-state index < -0.39 is 0 Å². The zero-order valence-electron chi connectivity index (χ0n) is 13.7. The van der Waals surface area contributed by atoms with Crippen molar-refractivity contribution in [2.45, 2.75) is 24.5 Å². The van der Waals surface area contributed by atoms with Crippen LogP contribution < -0.4 is 5.32 Å². The number of thioether (sulfide) groups is 1. The fourth-order valence-corrected chi connectivity index (χ4v) is 3.57. The fourth-order valence-electron chi connectivity index (χ4n) is 2.92. The van der Waals surface area contributed by atoms with Gasteiger partial charge in [-0.15, -0.1) is 5.10 Å². The number of amides is 1. The van der Waals surface area contributed by atoms with Crippen LogP contribution in [0.15, 0.2) is 35.6 Å². The lowest BCUT2D eigenvalue weighted by molar-refractivity contribution is -0.113. The number of anilines is 1. The van der Waals surface area contributed by atoms with Crippen molar-refractivity contribution in [3.8, 4) is 11.3 Å². The molecule has 0 aliphatic carbocycles. The summed E-state index contributed by atoms with van der Waals surface area (Å²) < 4.78 is 3.79. The maximum absolute atomic E-state index is 12.2. The molecule has 1 aromatic carbocycles. The summed E-state index contributed by atoms with van der Waals surface area (Å²) in [6.45, 7) is 1.00. The van der Waals surface area contributed by atoms with E-state index in [1.54, 1.807) is 11.7 Å². The number of carbonyl (C=O) groups is 1. The number of benzene rings is 1. The number of aryl methyl sites for hydroxylation is 2. The summed E-state index contributed by atoms with van der Waals surface area (Å²) >= 11 is 1.30. The Morgan fingerprint density at radius 3 is 3.16 bits per heavy atom. The molecule has 9 heteroatoms. The van der Waals surface area contributed by atoms with Crippen molar-refractivity contribution in [2.75, 3.05) is 11.1 Å². The van der Waals surface area contributed by atoms with Crippen LogP contribution in [0.1, 0.15) is 12.2 Å². The van der Waals surface area contributed by atoms with Gasteiger partial charge in [-0.2, -0.15) is 0 Å². The van der Waals surface area contributed by atoms with Gasteiger partial charge in [-0.1, -0.05) is 23.9 Å². The second-order valence-corrected chi connectivity index (χ2v) is 6.76. The molecule has 128 valence electrons. The van der Waals surface area contributed by atoms with Gasteiger partial charge in [0.2, 0.25) is 11.1 Å². The van der Waals surface area contributed by atoms with Crippen molar-refractivity contribution in [1.82, 2.24) is 29.8 Å². The van der Waals surface area contributed by atoms with E-state index in [2.05, 4.69) is 30.4 Å². The fraction of sp³-hybridized carbons (Fsp3) is 0.312. The highest BCUT2D eigenvalue weighted by Gasteiger charge is 2.17. The molecule has 25 heavy (non-hydrogen) atoms. The maximum Gasteiger partial charge on any atom is 0.234 e. The Balaban J connectivity index is 1.44. The Bertz CT molecular complexity index is 917. The summed E-state index contributed by atoms with van der Waals surface area (Å²) in [5, 5.41) is 14.7. The molecule has 0 atom stereocenters. The first-order valence-corrected chi connectivity index (χ1v) is 8.99. The summed E-state index contributed by atoms with van der Waals surface area (Å²) in [4.78, 5) is 16.7. The van der Waals surface area contributed by atoms with E-state index >= 15 is 0 Å². The average molecular weight is 355 g/mol. The molecular formula is C16H17N7OS. The SMILES string of the molecule is Cn1nnnc1SCC(=O)Nc1cccc(-c2cnc3n2CCC3)c1. The van der Waals surface area contributed by atoms with Crippen molar-refractivity contribution in [3.05, 3.63) is 36.3 Å². The molecule has 0 spiro atoms. The monoisotopic (exact) mass is 355 g/mol. The molecule has 0 saturated heterocycles. The molecule has 0 saturated carbocycles. The Hall–Kier alpha value is -2.68. The number of carbonyl (C=O) groups excluding carboxylic acids is 1. The maximum atomic E-state index is 12.2. The molecule has 0 bridgehead atoms. The molecule has 1 aliphatic heterocycles. The third-order valence-corrected chi connectivity index (χ3v) is 5.09. The number of rotatable bonds is 5. The minimum Gasteiger partial charge on any atom is -0.328 e. The van der Waals surface area contributed by atoms with Crippen molar-refractivity contribution < 1.29 is 4.79 Å². The van der Waals surface area contributed by atoms with Gasteiger partial charge < -0.3 is 9.88 Å². The molecule has 0 radical (unpaired) electrons. The number of aromatic nitrogens is 6. The second-order valence-electron chi connectivity index (χ2n) is 5.82. The number of imidazole rings is 1. The van der Waals surface area contributed by atoms with Crippen LogP contribution in [0.4, 0.5) is 5.69 Å². The Kier molecular flexibility index (Phi) is 4.22. The van der Waals surface area contributed by atoms with Gasteiger partial charge in [0.1, 0.15) is 5.82 Å². The third kappa shape index (κ3) is 3.27. The van der Waals surface area contributed by atoms with Gasteiger partial charge in [0.25, 0.3) is 0 Å². The van der Waals surface area contributed by atoms with Gasteiger partial charge in [-0.25, -0.2) is 9.67 Å². The minimum absolute atomic E-state index is 0.0938. The number of nitrogens with one attached hydrogen (secondary N) is 1. The lowest BCUT2D eigenvalue weighted by Gasteiger charge is -2.09. The second kappa shape index (κ2) is 6.67. The first-order chi connectivity index (χ1) is 12.2. The van der Waals surface area contributed by atoms with Gasteiger partial charge >= 0.3 is 0 Å². The predicted octanol–water partition coefficient (Wildman–Crippen LogP) is 1.75. The number of tetrazole rings is 1. The topological polar surface area (TPSA) is 90.5 Å². The van der Waals surface area contributed by atoms with Crippen LogP contribution in [0.25, 0.3) is 11.3 Å². The summed E-state index contributed by atoms with van der Waals surface area (Å²) in [5.41, 5.74) is 2.93. The Labute approximate surface area is 148 Å². The first-order valence-electron chi connectivity index (χ1n) is 8.00. The number of hydrogen-bond acceptors (Lipinski definition) is 6. The van der Waals surface area contributed by atoms with Gasteiger partial charge in [-0.05, 0) is 29.0 Å². The third-order valence-electron chi connectivity index (χ3n) is 4.08. The molecule has 1 amide bonds. The summed E-state index contributed by atoms with van der Waals surface area (Å²) in [6, 6.07) is 7.85. The number of nitrogens with zero attached hydrogens (tertiary/aromatic N) is 6. The van der Waals surface area contributed by atoms with E-state index in [0.29, 0.717) is 5.16 Å². The van der Waals surface area contributed by atoms with Crippen molar-refractivity contribution in [1.29, 1.82) is 0 Å². The van der Waals surface area contributed by atoms with Crippen LogP contribution in [0, 0.1) is 0 Å². The molecule has 3 heterocycles. The predicted molar refractivity (Wildman–Crippen MR) is 94.1 cm³/mol. The van der Waals surface area contributed by atoms with Gasteiger partial charge in [0.05, 0.1) is 17.6 Å². The average Bonchev–Trinajstić information content (AvgIpc) is 3.30. The van der Waals surface area contributed by atoms with Crippen molar-refractivity contribution in [2.24, 2.45) is 7.05 Å². The van der Waals surface area contributed by atoms with Crippen LogP contribution in [-0.2, 0) is 24.8 Å². The molecule has 1 aliphatic rings. The van der Waals surface area contributed by atoms with E-state index in [1.807, 2.05) is 30.5 Å². The van der Waals surface area contributed by atoms with Gasteiger partial charge in [0, 0.05) is 31.3 Å². The Morgan fingerprint density at radius 1 is 1.40 bits per heavy atom. The molecular weight excluding hydrogens is 338 g/mol. The van der Waals surface area contributed by atoms with E-state index in [9.17, 15) is 4.79 Å². The highest BCUT2D eigenvalue weighted by atomic mass is 32.2. The van der Waals surface area contributed by atoms with Crippen LogP contribution in [0.3, 0.4) is 0 Å². The molecule has 0 unspecified atom stereocenters. The molecule has 3 aromatic rings. The van der Waals surface area contributed by atoms with Crippen LogP contribution in [0.5, 0.6) is 0 Å². The minimum atomic E-state index is -0.0938. The molecule has 4 rings (SSSR count). The smallest absolute Gasteiger partial charge is 0.234 e.